The normalized spacial score (nSPS) is 12.4. The molecule has 0 saturated heterocycles. The number of ether oxygens (including phenoxy) is 1. The Hall–Kier alpha value is -2.82. The van der Waals surface area contributed by atoms with E-state index >= 15 is 0 Å². The summed E-state index contributed by atoms with van der Waals surface area (Å²) >= 11 is 7.37. The van der Waals surface area contributed by atoms with E-state index in [1.807, 2.05) is 22.1 Å². The second kappa shape index (κ2) is 11.5. The Morgan fingerprint density at radius 3 is 2.47 bits per heavy atom. The molecule has 6 nitrogen and oxygen atoms in total. The summed E-state index contributed by atoms with van der Waals surface area (Å²) < 4.78 is 43.4. The number of halogens is 4. The quantitative estimate of drug-likeness (QED) is 0.401. The number of nitrogens with zero attached hydrogens (tertiary/aromatic N) is 3. The summed E-state index contributed by atoms with van der Waals surface area (Å²) in [5, 5.41) is 11.5. The molecule has 0 amide bonds. The number of likely N-dealkylation sites (N-methyl/N-ethyl adjacent to an activating group) is 1. The number of rotatable bonds is 10. The van der Waals surface area contributed by atoms with E-state index in [9.17, 15) is 18.0 Å². The molecule has 2 aromatic carbocycles. The molecule has 34 heavy (non-hydrogen) atoms. The number of thiazole rings is 1. The highest BCUT2D eigenvalue weighted by Crippen LogP contribution is 2.27. The minimum absolute atomic E-state index is 0.0599. The zero-order chi connectivity index (χ0) is 24.7. The Bertz CT molecular complexity index is 1160. The number of carboxylic acid groups (broad SMARTS) is 1. The van der Waals surface area contributed by atoms with Crippen LogP contribution in [0.3, 0.4) is 0 Å². The number of hydrogen-bond donors (Lipinski definition) is 1. The van der Waals surface area contributed by atoms with Crippen molar-refractivity contribution in [1.29, 1.82) is 0 Å². The van der Waals surface area contributed by atoms with Crippen molar-refractivity contribution in [2.75, 3.05) is 20.1 Å². The molecule has 0 radical (unpaired) electrons. The third-order valence-corrected chi connectivity index (χ3v) is 5.97. The van der Waals surface area contributed by atoms with Crippen LogP contribution in [-0.4, -0.2) is 47.0 Å². The maximum atomic E-state index is 12.5. The first-order chi connectivity index (χ1) is 16.1. The van der Waals surface area contributed by atoms with Gasteiger partial charge in [0.15, 0.2) is 4.80 Å². The maximum absolute atomic E-state index is 12.5. The third kappa shape index (κ3) is 7.89. The number of carbonyl (C=O) groups is 1. The van der Waals surface area contributed by atoms with Gasteiger partial charge in [0.2, 0.25) is 0 Å². The smallest absolute Gasteiger partial charge is 0.480 e. The monoisotopic (exact) mass is 513 g/mol. The maximum Gasteiger partial charge on any atom is 0.573 e. The van der Waals surface area contributed by atoms with Gasteiger partial charge in [-0.3, -0.25) is 14.7 Å². The molecule has 0 atom stereocenters. The SMILES string of the molecule is CN(CCCn1c(-c2ccc(OC(F)(F)F)cc2)csc1=NCc1ccc(Cl)cc1)CC(=O)O. The van der Waals surface area contributed by atoms with E-state index in [1.165, 1.54) is 23.5 Å². The van der Waals surface area contributed by atoms with Gasteiger partial charge in [-0.2, -0.15) is 0 Å². The van der Waals surface area contributed by atoms with Crippen molar-refractivity contribution in [3.8, 4) is 17.0 Å². The lowest BCUT2D eigenvalue weighted by Gasteiger charge is -2.15. The molecular formula is C23H23ClF3N3O3S. The Morgan fingerprint density at radius 2 is 1.85 bits per heavy atom. The summed E-state index contributed by atoms with van der Waals surface area (Å²) in [6.07, 6.45) is -4.09. The third-order valence-electron chi connectivity index (χ3n) is 4.82. The predicted molar refractivity (Wildman–Crippen MR) is 125 cm³/mol. The van der Waals surface area contributed by atoms with Crippen molar-refractivity contribution >= 4 is 28.9 Å². The molecule has 0 unspecified atom stereocenters. The zero-order valence-corrected chi connectivity index (χ0v) is 19.8. The van der Waals surface area contributed by atoms with Gasteiger partial charge < -0.3 is 14.4 Å². The van der Waals surface area contributed by atoms with Crippen molar-refractivity contribution < 1.29 is 27.8 Å². The molecule has 0 saturated carbocycles. The average molecular weight is 514 g/mol. The van der Waals surface area contributed by atoms with Crippen LogP contribution in [-0.2, 0) is 17.9 Å². The number of alkyl halides is 3. The van der Waals surface area contributed by atoms with Crippen molar-refractivity contribution in [2.24, 2.45) is 4.99 Å². The van der Waals surface area contributed by atoms with Crippen LogP contribution in [0.25, 0.3) is 11.3 Å². The molecule has 0 aliphatic heterocycles. The van der Waals surface area contributed by atoms with E-state index in [2.05, 4.69) is 4.74 Å². The van der Waals surface area contributed by atoms with E-state index in [4.69, 9.17) is 21.7 Å². The molecule has 3 aromatic rings. The Balaban J connectivity index is 1.85. The van der Waals surface area contributed by atoms with Crippen molar-refractivity contribution in [3.05, 3.63) is 69.3 Å². The lowest BCUT2D eigenvalue weighted by molar-refractivity contribution is -0.274. The highest BCUT2D eigenvalue weighted by atomic mass is 35.5. The molecule has 11 heteroatoms. The molecule has 0 bridgehead atoms. The van der Waals surface area contributed by atoms with Gasteiger partial charge in [0.25, 0.3) is 0 Å². The highest BCUT2D eigenvalue weighted by Gasteiger charge is 2.31. The molecular weight excluding hydrogens is 491 g/mol. The van der Waals surface area contributed by atoms with Crippen LogP contribution in [0.4, 0.5) is 13.2 Å². The molecule has 3 rings (SSSR count). The van der Waals surface area contributed by atoms with Gasteiger partial charge >= 0.3 is 12.3 Å². The molecule has 1 N–H and O–H groups in total. The van der Waals surface area contributed by atoms with E-state index in [0.29, 0.717) is 31.1 Å². The Labute approximate surface area is 203 Å². The topological polar surface area (TPSA) is 67.1 Å². The molecule has 0 fully saturated rings. The fraction of sp³-hybridized carbons (Fsp3) is 0.304. The van der Waals surface area contributed by atoms with Gasteiger partial charge in [0.05, 0.1) is 18.8 Å². The molecule has 1 heterocycles. The second-order valence-electron chi connectivity index (χ2n) is 7.56. The van der Waals surface area contributed by atoms with Gasteiger partial charge in [-0.1, -0.05) is 23.7 Å². The van der Waals surface area contributed by atoms with Crippen molar-refractivity contribution in [1.82, 2.24) is 9.47 Å². The number of hydrogen-bond acceptors (Lipinski definition) is 5. The first kappa shape index (κ1) is 25.8. The van der Waals surface area contributed by atoms with Crippen LogP contribution in [0.1, 0.15) is 12.0 Å². The fourth-order valence-corrected chi connectivity index (χ4v) is 4.35. The average Bonchev–Trinajstić information content (AvgIpc) is 3.15. The van der Waals surface area contributed by atoms with E-state index in [1.54, 1.807) is 36.2 Å². The molecule has 1 aromatic heterocycles. The van der Waals surface area contributed by atoms with Gasteiger partial charge in [0, 0.05) is 23.5 Å². The lowest BCUT2D eigenvalue weighted by atomic mass is 10.1. The summed E-state index contributed by atoms with van der Waals surface area (Å²) in [4.78, 5) is 18.1. The van der Waals surface area contributed by atoms with Crippen LogP contribution in [0.15, 0.2) is 58.9 Å². The van der Waals surface area contributed by atoms with Gasteiger partial charge in [-0.25, -0.2) is 0 Å². The number of aliphatic carboxylic acids is 1. The molecule has 0 aliphatic carbocycles. The van der Waals surface area contributed by atoms with Gasteiger partial charge in [0.1, 0.15) is 5.75 Å². The summed E-state index contributed by atoms with van der Waals surface area (Å²) in [7, 11) is 1.73. The first-order valence-corrected chi connectivity index (χ1v) is 11.6. The Kier molecular flexibility index (Phi) is 8.76. The minimum Gasteiger partial charge on any atom is -0.480 e. The first-order valence-electron chi connectivity index (χ1n) is 10.3. The fourth-order valence-electron chi connectivity index (χ4n) is 3.29. The summed E-state index contributed by atoms with van der Waals surface area (Å²) in [6.45, 7) is 1.50. The largest absolute Gasteiger partial charge is 0.573 e. The zero-order valence-electron chi connectivity index (χ0n) is 18.3. The number of benzene rings is 2. The molecule has 182 valence electrons. The predicted octanol–water partition coefficient (Wildman–Crippen LogP) is 5.28. The van der Waals surface area contributed by atoms with E-state index in [0.717, 1.165) is 21.6 Å². The van der Waals surface area contributed by atoms with E-state index < -0.39 is 12.3 Å². The van der Waals surface area contributed by atoms with Crippen LogP contribution in [0, 0.1) is 0 Å². The summed E-state index contributed by atoms with van der Waals surface area (Å²) in [6, 6.07) is 13.1. The second-order valence-corrected chi connectivity index (χ2v) is 8.83. The molecule has 0 aliphatic rings. The summed E-state index contributed by atoms with van der Waals surface area (Å²) in [5.41, 5.74) is 2.51. The summed E-state index contributed by atoms with van der Waals surface area (Å²) in [5.74, 6) is -1.19. The van der Waals surface area contributed by atoms with Crippen molar-refractivity contribution in [2.45, 2.75) is 25.9 Å². The van der Waals surface area contributed by atoms with Gasteiger partial charge in [-0.15, -0.1) is 24.5 Å². The van der Waals surface area contributed by atoms with Crippen molar-refractivity contribution in [3.63, 3.8) is 0 Å². The standard InChI is InChI=1S/C23H23ClF3N3O3S/c1-29(14-21(31)32)11-2-12-30-20(17-5-9-19(10-6-17)33-23(25,26)27)15-34-22(30)28-13-16-3-7-18(24)8-4-16/h3-10,15H,2,11-14H2,1H3,(H,31,32). The number of carboxylic acids is 1. The van der Waals surface area contributed by atoms with Crippen LogP contribution in [0.2, 0.25) is 5.02 Å². The van der Waals surface area contributed by atoms with E-state index in [-0.39, 0.29) is 12.3 Å². The van der Waals surface area contributed by atoms with Crippen LogP contribution in [0.5, 0.6) is 5.75 Å². The van der Waals surface area contributed by atoms with Crippen LogP contribution >= 0.6 is 22.9 Å². The van der Waals surface area contributed by atoms with Crippen LogP contribution < -0.4 is 9.54 Å². The minimum atomic E-state index is -4.75. The molecule has 0 spiro atoms. The Morgan fingerprint density at radius 1 is 1.18 bits per heavy atom. The van der Waals surface area contributed by atoms with Gasteiger partial charge in [-0.05, 0) is 61.0 Å². The highest BCUT2D eigenvalue weighted by molar-refractivity contribution is 7.07. The lowest BCUT2D eigenvalue weighted by Crippen LogP contribution is -2.28. The number of aromatic nitrogens is 1.